The molecular weight excluding hydrogens is 264 g/mol. The van der Waals surface area contributed by atoms with E-state index in [9.17, 15) is 9.59 Å². The van der Waals surface area contributed by atoms with Crippen molar-refractivity contribution in [2.45, 2.75) is 31.7 Å². The summed E-state index contributed by atoms with van der Waals surface area (Å²) >= 11 is 0. The summed E-state index contributed by atoms with van der Waals surface area (Å²) < 4.78 is 0. The van der Waals surface area contributed by atoms with E-state index in [2.05, 4.69) is 12.1 Å². The summed E-state index contributed by atoms with van der Waals surface area (Å²) in [6.45, 7) is 1.28. The van der Waals surface area contributed by atoms with Gasteiger partial charge in [0.25, 0.3) is 0 Å². The van der Waals surface area contributed by atoms with Gasteiger partial charge in [0.15, 0.2) is 0 Å². The zero-order valence-corrected chi connectivity index (χ0v) is 12.2. The molecule has 0 spiro atoms. The number of benzene rings is 1. The van der Waals surface area contributed by atoms with Crippen LogP contribution in [-0.2, 0) is 16.0 Å². The Kier molecular flexibility index (Phi) is 5.73. The Bertz CT molecular complexity index is 509. The highest BCUT2D eigenvalue weighted by molar-refractivity contribution is 5.84. The maximum absolute atomic E-state index is 12.3. The molecule has 112 valence electrons. The molecule has 2 atom stereocenters. The van der Waals surface area contributed by atoms with E-state index in [0.29, 0.717) is 13.0 Å². The number of nitrogens with two attached hydrogens (primary N) is 1. The molecular formula is C17H22N2O2. The molecule has 0 radical (unpaired) electrons. The minimum atomic E-state index is -0.309. The molecule has 1 saturated heterocycles. The van der Waals surface area contributed by atoms with Crippen LogP contribution in [0.2, 0.25) is 0 Å². The molecule has 2 rings (SSSR count). The SMILES string of the molecule is NCC[C@@H]1C[C@@H](C=C=O)C(=O)N1CCCc1ccccc1. The molecule has 1 aromatic rings. The molecule has 4 nitrogen and oxygen atoms in total. The van der Waals surface area contributed by atoms with Crippen molar-refractivity contribution in [3.63, 3.8) is 0 Å². The topological polar surface area (TPSA) is 63.4 Å². The molecule has 1 amide bonds. The second-order valence-electron chi connectivity index (χ2n) is 5.48. The average molecular weight is 286 g/mol. The van der Waals surface area contributed by atoms with Gasteiger partial charge < -0.3 is 10.6 Å². The highest BCUT2D eigenvalue weighted by Crippen LogP contribution is 2.27. The zero-order valence-electron chi connectivity index (χ0n) is 12.2. The molecule has 0 aliphatic carbocycles. The Morgan fingerprint density at radius 1 is 1.33 bits per heavy atom. The third-order valence-corrected chi connectivity index (χ3v) is 4.04. The summed E-state index contributed by atoms with van der Waals surface area (Å²) in [5.74, 6) is 1.49. The number of carbonyl (C=O) groups is 1. The Hall–Kier alpha value is -1.90. The van der Waals surface area contributed by atoms with Crippen molar-refractivity contribution in [1.29, 1.82) is 0 Å². The summed E-state index contributed by atoms with van der Waals surface area (Å²) in [6.07, 6.45) is 4.71. The van der Waals surface area contributed by atoms with Crippen LogP contribution in [0.4, 0.5) is 0 Å². The van der Waals surface area contributed by atoms with Crippen molar-refractivity contribution < 1.29 is 9.59 Å². The molecule has 1 heterocycles. The Morgan fingerprint density at radius 3 is 2.76 bits per heavy atom. The molecule has 0 aromatic heterocycles. The highest BCUT2D eigenvalue weighted by Gasteiger charge is 2.37. The lowest BCUT2D eigenvalue weighted by Gasteiger charge is -2.24. The number of hydrogen-bond acceptors (Lipinski definition) is 3. The second-order valence-corrected chi connectivity index (χ2v) is 5.48. The van der Waals surface area contributed by atoms with Crippen LogP contribution in [0, 0.1) is 5.92 Å². The largest absolute Gasteiger partial charge is 0.339 e. The van der Waals surface area contributed by atoms with Gasteiger partial charge in [0.2, 0.25) is 5.91 Å². The van der Waals surface area contributed by atoms with Crippen molar-refractivity contribution in [2.24, 2.45) is 11.7 Å². The van der Waals surface area contributed by atoms with Crippen molar-refractivity contribution in [1.82, 2.24) is 4.90 Å². The first-order valence-corrected chi connectivity index (χ1v) is 7.51. The van der Waals surface area contributed by atoms with Gasteiger partial charge in [-0.3, -0.25) is 4.79 Å². The average Bonchev–Trinajstić information content (AvgIpc) is 2.78. The first-order valence-electron chi connectivity index (χ1n) is 7.51. The zero-order chi connectivity index (χ0) is 15.1. The molecule has 1 aliphatic heterocycles. The standard InChI is InChI=1S/C17H22N2O2/c18-10-8-16-13-15(9-12-20)17(21)19(16)11-4-7-14-5-2-1-3-6-14/h1-3,5-6,9,15-16H,4,7-8,10-11,13,18H2/t15-,16-/m1/s1. The van der Waals surface area contributed by atoms with E-state index >= 15 is 0 Å². The van der Waals surface area contributed by atoms with E-state index in [4.69, 9.17) is 5.73 Å². The van der Waals surface area contributed by atoms with Crippen molar-refractivity contribution >= 4 is 11.8 Å². The number of rotatable bonds is 7. The van der Waals surface area contributed by atoms with Crippen LogP contribution in [0.1, 0.15) is 24.8 Å². The van der Waals surface area contributed by atoms with Gasteiger partial charge in [-0.1, -0.05) is 30.3 Å². The normalized spacial score (nSPS) is 21.4. The molecule has 2 N–H and O–H groups in total. The minimum absolute atomic E-state index is 0.0462. The van der Waals surface area contributed by atoms with Gasteiger partial charge >= 0.3 is 0 Å². The summed E-state index contributed by atoms with van der Waals surface area (Å²) in [6, 6.07) is 10.4. The monoisotopic (exact) mass is 286 g/mol. The van der Waals surface area contributed by atoms with E-state index in [-0.39, 0.29) is 17.9 Å². The van der Waals surface area contributed by atoms with Crippen LogP contribution in [0.3, 0.4) is 0 Å². The molecule has 0 unspecified atom stereocenters. The summed E-state index contributed by atoms with van der Waals surface area (Å²) in [4.78, 5) is 24.7. The van der Waals surface area contributed by atoms with Gasteiger partial charge in [0.1, 0.15) is 5.94 Å². The van der Waals surface area contributed by atoms with Gasteiger partial charge in [-0.15, -0.1) is 0 Å². The second kappa shape index (κ2) is 7.77. The Morgan fingerprint density at radius 2 is 2.10 bits per heavy atom. The van der Waals surface area contributed by atoms with Gasteiger partial charge in [-0.05, 0) is 37.8 Å². The highest BCUT2D eigenvalue weighted by atomic mass is 16.2. The van der Waals surface area contributed by atoms with Gasteiger partial charge in [0, 0.05) is 18.7 Å². The van der Waals surface area contributed by atoms with Crippen LogP contribution < -0.4 is 5.73 Å². The molecule has 21 heavy (non-hydrogen) atoms. The first kappa shape index (κ1) is 15.5. The quantitative estimate of drug-likeness (QED) is 0.774. The van der Waals surface area contributed by atoms with E-state index in [1.807, 2.05) is 23.1 Å². The number of amides is 1. The first-order chi connectivity index (χ1) is 10.3. The fraction of sp³-hybridized carbons (Fsp3) is 0.471. The van der Waals surface area contributed by atoms with Crippen LogP contribution in [0.15, 0.2) is 36.4 Å². The fourth-order valence-electron chi connectivity index (χ4n) is 2.99. The van der Waals surface area contributed by atoms with Crippen molar-refractivity contribution in [2.75, 3.05) is 13.1 Å². The maximum atomic E-state index is 12.3. The van der Waals surface area contributed by atoms with Gasteiger partial charge in [-0.25, -0.2) is 4.79 Å². The van der Waals surface area contributed by atoms with E-state index in [1.165, 1.54) is 11.6 Å². The number of nitrogens with zero attached hydrogens (tertiary/aromatic N) is 1. The predicted octanol–water partition coefficient (Wildman–Crippen LogP) is 1.57. The molecule has 4 heteroatoms. The summed E-state index contributed by atoms with van der Waals surface area (Å²) in [5, 5.41) is 0. The van der Waals surface area contributed by atoms with Crippen molar-refractivity contribution in [3.8, 4) is 0 Å². The third-order valence-electron chi connectivity index (χ3n) is 4.04. The number of likely N-dealkylation sites (tertiary alicyclic amines) is 1. The maximum Gasteiger partial charge on any atom is 0.230 e. The lowest BCUT2D eigenvalue weighted by Crippen LogP contribution is -2.36. The predicted molar refractivity (Wildman–Crippen MR) is 82.3 cm³/mol. The number of aryl methyl sites for hydroxylation is 1. The molecule has 1 aromatic carbocycles. The lowest BCUT2D eigenvalue weighted by atomic mass is 10.0. The van der Waals surface area contributed by atoms with Crippen molar-refractivity contribution in [3.05, 3.63) is 42.0 Å². The van der Waals surface area contributed by atoms with E-state index in [0.717, 1.165) is 25.8 Å². The number of hydrogen-bond donors (Lipinski definition) is 1. The fourth-order valence-corrected chi connectivity index (χ4v) is 2.99. The Balaban J connectivity index is 1.92. The number of carbonyl (C=O) groups excluding carboxylic acids is 2. The molecule has 0 saturated carbocycles. The van der Waals surface area contributed by atoms with Crippen LogP contribution in [-0.4, -0.2) is 35.9 Å². The van der Waals surface area contributed by atoms with Crippen LogP contribution >= 0.6 is 0 Å². The molecule has 0 bridgehead atoms. The smallest absolute Gasteiger partial charge is 0.230 e. The lowest BCUT2D eigenvalue weighted by molar-refractivity contribution is -0.131. The van der Waals surface area contributed by atoms with E-state index < -0.39 is 0 Å². The van der Waals surface area contributed by atoms with Crippen LogP contribution in [0.25, 0.3) is 0 Å². The molecule has 1 aliphatic rings. The summed E-state index contributed by atoms with van der Waals surface area (Å²) in [5.41, 5.74) is 6.91. The Labute approximate surface area is 125 Å². The van der Waals surface area contributed by atoms with Crippen LogP contribution in [0.5, 0.6) is 0 Å². The van der Waals surface area contributed by atoms with Gasteiger partial charge in [-0.2, -0.15) is 0 Å². The molecule has 1 fully saturated rings. The van der Waals surface area contributed by atoms with Gasteiger partial charge in [0.05, 0.1) is 5.92 Å². The third kappa shape index (κ3) is 4.03. The minimum Gasteiger partial charge on any atom is -0.339 e. The summed E-state index contributed by atoms with van der Waals surface area (Å²) in [7, 11) is 0. The van der Waals surface area contributed by atoms with E-state index in [1.54, 1.807) is 5.94 Å².